The van der Waals surface area contributed by atoms with Crippen LogP contribution in [0.2, 0.25) is 0 Å². The molecule has 1 aromatic rings. The van der Waals surface area contributed by atoms with Crippen molar-refractivity contribution in [3.63, 3.8) is 0 Å². The van der Waals surface area contributed by atoms with Gasteiger partial charge in [-0.1, -0.05) is 12.1 Å². The first kappa shape index (κ1) is 9.58. The molecule has 1 aromatic carbocycles. The van der Waals surface area contributed by atoms with Gasteiger partial charge in [0.1, 0.15) is 0 Å². The maximum Gasteiger partial charge on any atom is 0.223 e. The number of carbonyl (C=O) groups excluding carboxylic acids is 2. The first-order valence-corrected chi connectivity index (χ1v) is 5.62. The number of anilines is 1. The Balaban J connectivity index is 2.20. The maximum absolute atomic E-state index is 11.8. The van der Waals surface area contributed by atoms with Crippen LogP contribution in [0.4, 0.5) is 5.69 Å². The average molecular weight is 215 g/mol. The molecule has 1 aliphatic carbocycles. The Labute approximate surface area is 94.1 Å². The second-order valence-corrected chi connectivity index (χ2v) is 4.53. The molecule has 0 bridgehead atoms. The topological polar surface area (TPSA) is 37.4 Å². The smallest absolute Gasteiger partial charge is 0.223 e. The van der Waals surface area contributed by atoms with Crippen molar-refractivity contribution in [3.8, 4) is 0 Å². The lowest BCUT2D eigenvalue weighted by molar-refractivity contribution is -0.116. The van der Waals surface area contributed by atoms with E-state index in [9.17, 15) is 9.59 Å². The van der Waals surface area contributed by atoms with Crippen LogP contribution in [0.1, 0.15) is 41.6 Å². The number of benzene rings is 1. The fourth-order valence-corrected chi connectivity index (χ4v) is 2.84. The summed E-state index contributed by atoms with van der Waals surface area (Å²) >= 11 is 0. The molecule has 0 aromatic heterocycles. The summed E-state index contributed by atoms with van der Waals surface area (Å²) in [6.07, 6.45) is 1.50. The minimum atomic E-state index is 0.0650. The van der Waals surface area contributed by atoms with Crippen LogP contribution in [-0.4, -0.2) is 18.2 Å². The standard InChI is InChI=1S/C13H13NO2/c1-8(15)14-7-9-5-6-12(16)10-3-2-4-11(14)13(9)10/h2-4,9H,5-7H2,1H3/t9-/m1/s1. The third-order valence-electron chi connectivity index (χ3n) is 3.59. The van der Waals surface area contributed by atoms with Gasteiger partial charge in [-0.2, -0.15) is 0 Å². The van der Waals surface area contributed by atoms with Gasteiger partial charge in [0, 0.05) is 37.1 Å². The summed E-state index contributed by atoms with van der Waals surface area (Å²) in [7, 11) is 0. The van der Waals surface area contributed by atoms with Crippen LogP contribution in [0.3, 0.4) is 0 Å². The number of rotatable bonds is 0. The monoisotopic (exact) mass is 215 g/mol. The van der Waals surface area contributed by atoms with E-state index in [1.165, 1.54) is 0 Å². The molecular formula is C13H13NO2. The Morgan fingerprint density at radius 3 is 3.00 bits per heavy atom. The van der Waals surface area contributed by atoms with E-state index in [1.807, 2.05) is 18.2 Å². The number of amides is 1. The summed E-state index contributed by atoms with van der Waals surface area (Å²) < 4.78 is 0. The minimum absolute atomic E-state index is 0.0650. The Morgan fingerprint density at radius 1 is 1.44 bits per heavy atom. The first-order valence-electron chi connectivity index (χ1n) is 5.62. The van der Waals surface area contributed by atoms with E-state index in [2.05, 4.69) is 0 Å². The fourth-order valence-electron chi connectivity index (χ4n) is 2.84. The Bertz CT molecular complexity index is 493. The van der Waals surface area contributed by atoms with Gasteiger partial charge in [-0.25, -0.2) is 0 Å². The summed E-state index contributed by atoms with van der Waals surface area (Å²) in [4.78, 5) is 25.1. The van der Waals surface area contributed by atoms with Crippen LogP contribution in [0.25, 0.3) is 0 Å². The first-order chi connectivity index (χ1) is 7.68. The lowest BCUT2D eigenvalue weighted by atomic mass is 9.83. The van der Waals surface area contributed by atoms with Crippen molar-refractivity contribution in [2.75, 3.05) is 11.4 Å². The van der Waals surface area contributed by atoms with Gasteiger partial charge in [0.25, 0.3) is 0 Å². The van der Waals surface area contributed by atoms with Crippen molar-refractivity contribution in [1.29, 1.82) is 0 Å². The number of nitrogens with zero attached hydrogens (tertiary/aromatic N) is 1. The van der Waals surface area contributed by atoms with Crippen LogP contribution < -0.4 is 4.90 Å². The molecule has 0 saturated carbocycles. The molecule has 0 spiro atoms. The van der Waals surface area contributed by atoms with Gasteiger partial charge < -0.3 is 4.90 Å². The molecule has 0 unspecified atom stereocenters. The molecule has 82 valence electrons. The molecule has 0 N–H and O–H groups in total. The molecule has 1 atom stereocenters. The van der Waals surface area contributed by atoms with Crippen molar-refractivity contribution in [2.24, 2.45) is 0 Å². The number of carbonyl (C=O) groups is 2. The SMILES string of the molecule is CC(=O)N1C[C@H]2CCC(=O)c3cccc1c32. The van der Waals surface area contributed by atoms with E-state index in [0.29, 0.717) is 12.3 Å². The van der Waals surface area contributed by atoms with E-state index in [4.69, 9.17) is 0 Å². The van der Waals surface area contributed by atoms with E-state index < -0.39 is 0 Å². The second kappa shape index (κ2) is 3.17. The predicted octanol–water partition coefficient (Wildman–Crippen LogP) is 2.11. The largest absolute Gasteiger partial charge is 0.312 e. The van der Waals surface area contributed by atoms with Crippen molar-refractivity contribution in [2.45, 2.75) is 25.7 Å². The van der Waals surface area contributed by atoms with Crippen LogP contribution in [-0.2, 0) is 4.79 Å². The van der Waals surface area contributed by atoms with Gasteiger partial charge in [-0.15, -0.1) is 0 Å². The quantitative estimate of drug-likeness (QED) is 0.664. The van der Waals surface area contributed by atoms with Gasteiger partial charge in [-0.05, 0) is 18.1 Å². The third kappa shape index (κ3) is 1.14. The lowest BCUT2D eigenvalue weighted by Gasteiger charge is -2.18. The van der Waals surface area contributed by atoms with Crippen LogP contribution >= 0.6 is 0 Å². The highest BCUT2D eigenvalue weighted by molar-refractivity contribution is 6.03. The fraction of sp³-hybridized carbons (Fsp3) is 0.385. The average Bonchev–Trinajstić information content (AvgIpc) is 2.64. The van der Waals surface area contributed by atoms with Crippen molar-refractivity contribution in [1.82, 2.24) is 0 Å². The Morgan fingerprint density at radius 2 is 2.25 bits per heavy atom. The highest BCUT2D eigenvalue weighted by Crippen LogP contribution is 2.44. The molecular weight excluding hydrogens is 202 g/mol. The minimum Gasteiger partial charge on any atom is -0.312 e. The maximum atomic E-state index is 11.8. The Kier molecular flexibility index (Phi) is 1.90. The highest BCUT2D eigenvalue weighted by Gasteiger charge is 2.36. The Hall–Kier alpha value is -1.64. The molecule has 1 heterocycles. The summed E-state index contributed by atoms with van der Waals surface area (Å²) in [5.41, 5.74) is 2.88. The summed E-state index contributed by atoms with van der Waals surface area (Å²) in [5, 5.41) is 0. The molecule has 3 rings (SSSR count). The highest BCUT2D eigenvalue weighted by atomic mass is 16.2. The molecule has 3 heteroatoms. The summed E-state index contributed by atoms with van der Waals surface area (Å²) in [6.45, 7) is 2.33. The van der Waals surface area contributed by atoms with Gasteiger partial charge >= 0.3 is 0 Å². The third-order valence-corrected chi connectivity index (χ3v) is 3.59. The molecule has 0 fully saturated rings. The molecule has 3 nitrogen and oxygen atoms in total. The van der Waals surface area contributed by atoms with Crippen molar-refractivity contribution >= 4 is 17.4 Å². The van der Waals surface area contributed by atoms with Crippen LogP contribution in [0.15, 0.2) is 18.2 Å². The van der Waals surface area contributed by atoms with E-state index in [0.717, 1.165) is 29.8 Å². The molecule has 1 aliphatic heterocycles. The molecule has 16 heavy (non-hydrogen) atoms. The number of Topliss-reactive ketones (excluding diaryl/α,β-unsaturated/α-hetero) is 1. The van der Waals surface area contributed by atoms with E-state index in [-0.39, 0.29) is 11.7 Å². The van der Waals surface area contributed by atoms with Gasteiger partial charge in [-0.3, -0.25) is 9.59 Å². The molecule has 0 radical (unpaired) electrons. The zero-order valence-corrected chi connectivity index (χ0v) is 9.19. The van der Waals surface area contributed by atoms with Crippen LogP contribution in [0.5, 0.6) is 0 Å². The van der Waals surface area contributed by atoms with Gasteiger partial charge in [0.05, 0.1) is 0 Å². The summed E-state index contributed by atoms with van der Waals surface area (Å²) in [6, 6.07) is 5.70. The number of hydrogen-bond acceptors (Lipinski definition) is 2. The van der Waals surface area contributed by atoms with Gasteiger partial charge in [0.2, 0.25) is 5.91 Å². The normalized spacial score (nSPS) is 22.2. The number of hydrogen-bond donors (Lipinski definition) is 0. The van der Waals surface area contributed by atoms with E-state index in [1.54, 1.807) is 11.8 Å². The molecule has 1 amide bonds. The van der Waals surface area contributed by atoms with E-state index >= 15 is 0 Å². The second-order valence-electron chi connectivity index (χ2n) is 4.53. The number of ketones is 1. The van der Waals surface area contributed by atoms with Crippen molar-refractivity contribution in [3.05, 3.63) is 29.3 Å². The predicted molar refractivity (Wildman–Crippen MR) is 60.8 cm³/mol. The van der Waals surface area contributed by atoms with Crippen LogP contribution in [0, 0.1) is 0 Å². The van der Waals surface area contributed by atoms with Gasteiger partial charge in [0.15, 0.2) is 5.78 Å². The zero-order chi connectivity index (χ0) is 11.3. The lowest BCUT2D eigenvalue weighted by Crippen LogP contribution is -2.27. The van der Waals surface area contributed by atoms with Crippen molar-refractivity contribution < 1.29 is 9.59 Å². The molecule has 2 aliphatic rings. The summed E-state index contributed by atoms with van der Waals surface area (Å²) in [5.74, 6) is 0.654. The molecule has 0 saturated heterocycles. The zero-order valence-electron chi connectivity index (χ0n) is 9.19.